The Kier molecular flexibility index (Phi) is 6.30. The molecule has 0 radical (unpaired) electrons. The predicted octanol–water partition coefficient (Wildman–Crippen LogP) is 4.21. The summed E-state index contributed by atoms with van der Waals surface area (Å²) in [6.45, 7) is 0.525. The lowest BCUT2D eigenvalue weighted by Crippen LogP contribution is -2.24. The van der Waals surface area contributed by atoms with Crippen molar-refractivity contribution in [1.29, 1.82) is 5.26 Å². The molecule has 1 aromatic carbocycles. The molecule has 0 unspecified atom stereocenters. The Morgan fingerprint density at radius 2 is 2.10 bits per heavy atom. The summed E-state index contributed by atoms with van der Waals surface area (Å²) in [5.74, 6) is 1.98. The second-order valence-corrected chi connectivity index (χ2v) is 9.23. The minimum absolute atomic E-state index is 0.0411. The van der Waals surface area contributed by atoms with E-state index in [2.05, 4.69) is 6.07 Å². The highest BCUT2D eigenvalue weighted by Gasteiger charge is 2.23. The van der Waals surface area contributed by atoms with Crippen molar-refractivity contribution in [2.45, 2.75) is 43.8 Å². The van der Waals surface area contributed by atoms with Crippen LogP contribution in [0.2, 0.25) is 0 Å². The van der Waals surface area contributed by atoms with Crippen LogP contribution in [0.1, 0.15) is 28.8 Å². The molecule has 0 atom stereocenters. The van der Waals surface area contributed by atoms with Crippen LogP contribution in [0.3, 0.4) is 0 Å². The van der Waals surface area contributed by atoms with E-state index >= 15 is 0 Å². The lowest BCUT2D eigenvalue weighted by atomic mass is 10.1. The SMILES string of the molecule is COc1ccc(CCn2c(SCCC#N)nc3sc4c(c3c2=O)CCC4)cc1OC. The molecule has 0 spiro atoms. The fourth-order valence-corrected chi connectivity index (χ4v) is 6.00. The summed E-state index contributed by atoms with van der Waals surface area (Å²) < 4.78 is 12.5. The van der Waals surface area contributed by atoms with Crippen LogP contribution in [0, 0.1) is 11.3 Å². The third-order valence-electron chi connectivity index (χ3n) is 5.31. The molecule has 2 aromatic heterocycles. The molecule has 0 amide bonds. The van der Waals surface area contributed by atoms with Crippen LogP contribution >= 0.6 is 23.1 Å². The fraction of sp³-hybridized carbons (Fsp3) is 0.409. The van der Waals surface area contributed by atoms with Crippen molar-refractivity contribution in [3.8, 4) is 17.6 Å². The van der Waals surface area contributed by atoms with Crippen molar-refractivity contribution in [1.82, 2.24) is 9.55 Å². The van der Waals surface area contributed by atoms with Crippen LogP contribution in [-0.2, 0) is 25.8 Å². The molecule has 4 rings (SSSR count). The van der Waals surface area contributed by atoms with E-state index < -0.39 is 0 Å². The van der Waals surface area contributed by atoms with Gasteiger partial charge in [0.25, 0.3) is 5.56 Å². The van der Waals surface area contributed by atoms with E-state index in [4.69, 9.17) is 19.7 Å². The van der Waals surface area contributed by atoms with Crippen molar-refractivity contribution in [3.63, 3.8) is 0 Å². The number of methoxy groups -OCH3 is 2. The molecule has 1 aliphatic carbocycles. The Morgan fingerprint density at radius 3 is 2.87 bits per heavy atom. The first-order valence-corrected chi connectivity index (χ1v) is 11.7. The maximum Gasteiger partial charge on any atom is 0.263 e. The highest BCUT2D eigenvalue weighted by atomic mass is 32.2. The minimum Gasteiger partial charge on any atom is -0.493 e. The third-order valence-corrected chi connectivity index (χ3v) is 7.47. The molecule has 30 heavy (non-hydrogen) atoms. The van der Waals surface area contributed by atoms with Crippen molar-refractivity contribution in [2.75, 3.05) is 20.0 Å². The highest BCUT2D eigenvalue weighted by molar-refractivity contribution is 7.99. The Hall–Kier alpha value is -2.50. The van der Waals surface area contributed by atoms with Gasteiger partial charge in [-0.1, -0.05) is 17.8 Å². The summed E-state index contributed by atoms with van der Waals surface area (Å²) in [4.78, 5) is 20.4. The summed E-state index contributed by atoms with van der Waals surface area (Å²) in [5, 5.41) is 10.4. The summed E-state index contributed by atoms with van der Waals surface area (Å²) in [6, 6.07) is 7.98. The number of nitrogens with zero attached hydrogens (tertiary/aromatic N) is 3. The predicted molar refractivity (Wildman–Crippen MR) is 120 cm³/mol. The van der Waals surface area contributed by atoms with E-state index in [1.807, 2.05) is 18.2 Å². The van der Waals surface area contributed by atoms with Gasteiger partial charge in [0.2, 0.25) is 0 Å². The van der Waals surface area contributed by atoms with Gasteiger partial charge in [-0.25, -0.2) is 4.98 Å². The van der Waals surface area contributed by atoms with Crippen molar-refractivity contribution < 1.29 is 9.47 Å². The van der Waals surface area contributed by atoms with E-state index in [9.17, 15) is 4.79 Å². The zero-order valence-electron chi connectivity index (χ0n) is 17.1. The molecule has 156 valence electrons. The quantitative estimate of drug-likeness (QED) is 0.296. The Morgan fingerprint density at radius 1 is 1.27 bits per heavy atom. The first-order chi connectivity index (χ1) is 14.7. The van der Waals surface area contributed by atoms with E-state index in [1.54, 1.807) is 30.1 Å². The Balaban J connectivity index is 1.69. The van der Waals surface area contributed by atoms with Crippen LogP contribution in [0.4, 0.5) is 0 Å². The number of ether oxygens (including phenoxy) is 2. The smallest absolute Gasteiger partial charge is 0.263 e. The zero-order chi connectivity index (χ0) is 21.1. The van der Waals surface area contributed by atoms with Crippen LogP contribution in [0.5, 0.6) is 11.5 Å². The first kappa shape index (κ1) is 20.8. The molecular formula is C22H23N3O3S2. The Bertz CT molecular complexity index is 1180. The highest BCUT2D eigenvalue weighted by Crippen LogP contribution is 2.35. The van der Waals surface area contributed by atoms with E-state index in [0.717, 1.165) is 35.0 Å². The molecule has 2 heterocycles. The molecule has 3 aromatic rings. The van der Waals surface area contributed by atoms with Gasteiger partial charge in [-0.05, 0) is 48.9 Å². The first-order valence-electron chi connectivity index (χ1n) is 9.92. The number of aryl methyl sites for hydroxylation is 3. The molecule has 0 bridgehead atoms. The second-order valence-electron chi connectivity index (χ2n) is 7.08. The van der Waals surface area contributed by atoms with Gasteiger partial charge < -0.3 is 9.47 Å². The molecule has 6 nitrogen and oxygen atoms in total. The van der Waals surface area contributed by atoms with Crippen molar-refractivity contribution in [2.24, 2.45) is 0 Å². The van der Waals surface area contributed by atoms with Gasteiger partial charge in [-0.15, -0.1) is 11.3 Å². The summed E-state index contributed by atoms with van der Waals surface area (Å²) in [5.41, 5.74) is 2.29. The summed E-state index contributed by atoms with van der Waals surface area (Å²) >= 11 is 3.13. The van der Waals surface area contributed by atoms with Crippen molar-refractivity contribution >= 4 is 33.3 Å². The summed E-state index contributed by atoms with van der Waals surface area (Å²) in [7, 11) is 3.23. The Labute approximate surface area is 183 Å². The second kappa shape index (κ2) is 9.11. The maximum absolute atomic E-state index is 13.5. The molecular weight excluding hydrogens is 418 g/mol. The van der Waals surface area contributed by atoms with Gasteiger partial charge in [-0.3, -0.25) is 9.36 Å². The number of thioether (sulfide) groups is 1. The number of rotatable bonds is 8. The number of hydrogen-bond acceptors (Lipinski definition) is 7. The van der Waals surface area contributed by atoms with Gasteiger partial charge in [0.05, 0.1) is 25.7 Å². The van der Waals surface area contributed by atoms with Crippen LogP contribution in [0.25, 0.3) is 10.2 Å². The number of nitriles is 1. The van der Waals surface area contributed by atoms with Gasteiger partial charge in [0.1, 0.15) is 4.83 Å². The minimum atomic E-state index is 0.0411. The standard InChI is InChI=1S/C22H23N3O3S2/c1-27-16-8-7-14(13-17(16)28-2)9-11-25-21(26)19-15-5-3-6-18(15)30-20(19)24-22(25)29-12-4-10-23/h7-8,13H,3-6,9,11-12H2,1-2H3. The molecule has 8 heteroatoms. The number of benzene rings is 1. The van der Waals surface area contributed by atoms with Gasteiger partial charge in [0.15, 0.2) is 16.7 Å². The topological polar surface area (TPSA) is 77.1 Å². The molecule has 0 saturated carbocycles. The monoisotopic (exact) mass is 441 g/mol. The normalized spacial score (nSPS) is 12.7. The van der Waals surface area contributed by atoms with Crippen LogP contribution < -0.4 is 15.0 Å². The van der Waals surface area contributed by atoms with Gasteiger partial charge in [-0.2, -0.15) is 5.26 Å². The van der Waals surface area contributed by atoms with Crippen molar-refractivity contribution in [3.05, 3.63) is 44.6 Å². The third kappa shape index (κ3) is 3.92. The summed E-state index contributed by atoms with van der Waals surface area (Å²) in [6.07, 6.45) is 4.21. The molecule has 0 saturated heterocycles. The number of aromatic nitrogens is 2. The zero-order valence-corrected chi connectivity index (χ0v) is 18.7. The molecule has 1 aliphatic rings. The molecule has 0 fully saturated rings. The fourth-order valence-electron chi connectivity index (χ4n) is 3.83. The average molecular weight is 442 g/mol. The lowest BCUT2D eigenvalue weighted by molar-refractivity contribution is 0.354. The van der Waals surface area contributed by atoms with E-state index in [0.29, 0.717) is 41.8 Å². The lowest BCUT2D eigenvalue weighted by Gasteiger charge is -2.13. The average Bonchev–Trinajstić information content (AvgIpc) is 3.34. The molecule has 0 aliphatic heterocycles. The van der Waals surface area contributed by atoms with E-state index in [-0.39, 0.29) is 5.56 Å². The van der Waals surface area contributed by atoms with Crippen LogP contribution in [-0.4, -0.2) is 29.5 Å². The number of fused-ring (bicyclic) bond motifs is 3. The maximum atomic E-state index is 13.5. The van der Waals surface area contributed by atoms with E-state index in [1.165, 1.54) is 22.2 Å². The number of hydrogen-bond donors (Lipinski definition) is 0. The largest absolute Gasteiger partial charge is 0.493 e. The van der Waals surface area contributed by atoms with Crippen LogP contribution in [0.15, 0.2) is 28.2 Å². The van der Waals surface area contributed by atoms with Gasteiger partial charge >= 0.3 is 0 Å². The van der Waals surface area contributed by atoms with Gasteiger partial charge in [0, 0.05) is 23.6 Å². The molecule has 0 N–H and O–H groups in total. The number of thiophene rings is 1.